The number of para-hydroxylation sites is 1. The Morgan fingerprint density at radius 2 is 1.88 bits per heavy atom. The quantitative estimate of drug-likeness (QED) is 0.780. The molecule has 0 aromatic heterocycles. The molecule has 0 spiro atoms. The summed E-state index contributed by atoms with van der Waals surface area (Å²) in [6, 6.07) is 9.91. The smallest absolute Gasteiger partial charge is 0.306 e. The van der Waals surface area contributed by atoms with Gasteiger partial charge in [0.1, 0.15) is 17.4 Å². The molecule has 1 amide bonds. The summed E-state index contributed by atoms with van der Waals surface area (Å²) in [6.45, 7) is -0.583. The van der Waals surface area contributed by atoms with Crippen molar-refractivity contribution < 1.29 is 27.8 Å². The summed E-state index contributed by atoms with van der Waals surface area (Å²) < 4.78 is 36.4. The van der Waals surface area contributed by atoms with Gasteiger partial charge in [0.05, 0.1) is 12.8 Å². The summed E-state index contributed by atoms with van der Waals surface area (Å²) >= 11 is 0. The van der Waals surface area contributed by atoms with Gasteiger partial charge in [-0.3, -0.25) is 9.59 Å². The van der Waals surface area contributed by atoms with Gasteiger partial charge in [0, 0.05) is 12.5 Å². The summed E-state index contributed by atoms with van der Waals surface area (Å²) in [5.74, 6) is -2.15. The van der Waals surface area contributed by atoms with E-state index in [1.165, 1.54) is 7.11 Å². The van der Waals surface area contributed by atoms with Crippen LogP contribution in [0.15, 0.2) is 42.5 Å². The third-order valence-corrected chi connectivity index (χ3v) is 3.36. The molecular formula is C18H17F2NO4. The van der Waals surface area contributed by atoms with Gasteiger partial charge in [-0.25, -0.2) is 8.78 Å². The van der Waals surface area contributed by atoms with Gasteiger partial charge in [-0.2, -0.15) is 0 Å². The SMILES string of the molecule is COc1ccccc1CCC(=O)OCC(=O)Nc1cc(F)ccc1F. The van der Waals surface area contributed by atoms with Gasteiger partial charge in [-0.1, -0.05) is 18.2 Å². The van der Waals surface area contributed by atoms with Crippen LogP contribution in [0, 0.1) is 11.6 Å². The molecule has 1 N–H and O–H groups in total. The van der Waals surface area contributed by atoms with Crippen molar-refractivity contribution in [1.82, 2.24) is 0 Å². The van der Waals surface area contributed by atoms with Gasteiger partial charge in [0.15, 0.2) is 6.61 Å². The van der Waals surface area contributed by atoms with E-state index in [2.05, 4.69) is 5.32 Å². The number of hydrogen-bond donors (Lipinski definition) is 1. The van der Waals surface area contributed by atoms with E-state index in [4.69, 9.17) is 9.47 Å². The van der Waals surface area contributed by atoms with E-state index in [9.17, 15) is 18.4 Å². The fourth-order valence-electron chi connectivity index (χ4n) is 2.14. The number of hydrogen-bond acceptors (Lipinski definition) is 4. The first-order chi connectivity index (χ1) is 12.0. The van der Waals surface area contributed by atoms with Crippen molar-refractivity contribution in [3.05, 3.63) is 59.7 Å². The van der Waals surface area contributed by atoms with E-state index in [-0.39, 0.29) is 12.1 Å². The van der Waals surface area contributed by atoms with E-state index in [0.29, 0.717) is 12.2 Å². The minimum atomic E-state index is -0.780. The lowest BCUT2D eigenvalue weighted by molar-refractivity contribution is -0.147. The van der Waals surface area contributed by atoms with Crippen LogP contribution in [0.1, 0.15) is 12.0 Å². The number of carbonyl (C=O) groups is 2. The molecule has 0 fully saturated rings. The Hall–Kier alpha value is -2.96. The molecular weight excluding hydrogens is 332 g/mol. The predicted molar refractivity (Wildman–Crippen MR) is 87.3 cm³/mol. The highest BCUT2D eigenvalue weighted by Crippen LogP contribution is 2.19. The Kier molecular flexibility index (Phi) is 6.45. The van der Waals surface area contributed by atoms with Crippen LogP contribution in [0.2, 0.25) is 0 Å². The Morgan fingerprint density at radius 1 is 1.12 bits per heavy atom. The van der Waals surface area contributed by atoms with Crippen LogP contribution in [0.25, 0.3) is 0 Å². The third kappa shape index (κ3) is 5.56. The third-order valence-electron chi connectivity index (χ3n) is 3.36. The average molecular weight is 349 g/mol. The van der Waals surface area contributed by atoms with E-state index in [1.54, 1.807) is 6.07 Å². The summed E-state index contributed by atoms with van der Waals surface area (Å²) in [5.41, 5.74) is 0.531. The van der Waals surface area contributed by atoms with Gasteiger partial charge in [0.2, 0.25) is 0 Å². The molecule has 0 unspecified atom stereocenters. The summed E-state index contributed by atoms with van der Waals surface area (Å²) in [5, 5.41) is 2.15. The van der Waals surface area contributed by atoms with Gasteiger partial charge in [-0.15, -0.1) is 0 Å². The number of methoxy groups -OCH3 is 1. The minimum absolute atomic E-state index is 0.0575. The van der Waals surface area contributed by atoms with E-state index in [1.807, 2.05) is 18.2 Å². The van der Waals surface area contributed by atoms with E-state index in [0.717, 1.165) is 23.8 Å². The number of ether oxygens (including phenoxy) is 2. The first kappa shape index (κ1) is 18.4. The second-order valence-corrected chi connectivity index (χ2v) is 5.14. The standard InChI is InChI=1S/C18H17F2NO4/c1-24-16-5-3-2-4-12(16)6-9-18(23)25-11-17(22)21-15-10-13(19)7-8-14(15)20/h2-5,7-8,10H,6,9,11H2,1H3,(H,21,22). The molecule has 0 aliphatic rings. The number of carbonyl (C=O) groups excluding carboxylic acids is 2. The molecule has 0 aliphatic carbocycles. The number of aryl methyl sites for hydroxylation is 1. The maximum atomic E-state index is 13.4. The van der Waals surface area contributed by atoms with Crippen molar-refractivity contribution in [2.75, 3.05) is 19.0 Å². The van der Waals surface area contributed by atoms with E-state index < -0.39 is 30.1 Å². The topological polar surface area (TPSA) is 64.6 Å². The van der Waals surface area contributed by atoms with E-state index >= 15 is 0 Å². The van der Waals surface area contributed by atoms with Crippen molar-refractivity contribution in [2.24, 2.45) is 0 Å². The number of rotatable bonds is 7. The number of nitrogens with one attached hydrogen (secondary N) is 1. The Labute approximate surface area is 143 Å². The zero-order valence-electron chi connectivity index (χ0n) is 13.6. The Morgan fingerprint density at radius 3 is 2.64 bits per heavy atom. The van der Waals surface area contributed by atoms with Crippen LogP contribution in [-0.4, -0.2) is 25.6 Å². The molecule has 0 radical (unpaired) electrons. The van der Waals surface area contributed by atoms with Crippen LogP contribution < -0.4 is 10.1 Å². The summed E-state index contributed by atoms with van der Waals surface area (Å²) in [6.07, 6.45) is 0.449. The van der Waals surface area contributed by atoms with Crippen LogP contribution in [0.3, 0.4) is 0 Å². The first-order valence-electron chi connectivity index (χ1n) is 7.52. The Bertz CT molecular complexity index is 764. The second kappa shape index (κ2) is 8.77. The van der Waals surface area contributed by atoms with Crippen molar-refractivity contribution >= 4 is 17.6 Å². The monoisotopic (exact) mass is 349 g/mol. The highest BCUT2D eigenvalue weighted by molar-refractivity contribution is 5.92. The molecule has 0 heterocycles. The second-order valence-electron chi connectivity index (χ2n) is 5.14. The minimum Gasteiger partial charge on any atom is -0.496 e. The fraction of sp³-hybridized carbons (Fsp3) is 0.222. The van der Waals surface area contributed by atoms with Gasteiger partial charge in [-0.05, 0) is 30.2 Å². The van der Waals surface area contributed by atoms with Crippen LogP contribution in [0.5, 0.6) is 5.75 Å². The zero-order chi connectivity index (χ0) is 18.2. The van der Waals surface area contributed by atoms with Crippen LogP contribution in [-0.2, 0) is 20.7 Å². The lowest BCUT2D eigenvalue weighted by Gasteiger charge is -2.09. The van der Waals surface area contributed by atoms with Gasteiger partial charge in [0.25, 0.3) is 5.91 Å². The van der Waals surface area contributed by atoms with Crippen molar-refractivity contribution in [3.8, 4) is 5.75 Å². The van der Waals surface area contributed by atoms with Crippen molar-refractivity contribution in [1.29, 1.82) is 0 Å². The van der Waals surface area contributed by atoms with Gasteiger partial charge < -0.3 is 14.8 Å². The molecule has 0 atom stereocenters. The molecule has 0 bridgehead atoms. The molecule has 5 nitrogen and oxygen atoms in total. The Balaban J connectivity index is 1.79. The molecule has 2 aromatic rings. The number of benzene rings is 2. The predicted octanol–water partition coefficient (Wildman–Crippen LogP) is 3.09. The largest absolute Gasteiger partial charge is 0.496 e. The molecule has 0 aliphatic heterocycles. The lowest BCUT2D eigenvalue weighted by atomic mass is 10.1. The number of anilines is 1. The van der Waals surface area contributed by atoms with Crippen molar-refractivity contribution in [2.45, 2.75) is 12.8 Å². The molecule has 0 saturated heterocycles. The molecule has 25 heavy (non-hydrogen) atoms. The maximum absolute atomic E-state index is 13.4. The first-order valence-corrected chi connectivity index (χ1v) is 7.52. The van der Waals surface area contributed by atoms with Crippen LogP contribution >= 0.6 is 0 Å². The molecule has 132 valence electrons. The highest BCUT2D eigenvalue weighted by atomic mass is 19.1. The lowest BCUT2D eigenvalue weighted by Crippen LogP contribution is -2.21. The molecule has 2 aromatic carbocycles. The maximum Gasteiger partial charge on any atom is 0.306 e. The molecule has 2 rings (SSSR count). The highest BCUT2D eigenvalue weighted by Gasteiger charge is 2.12. The molecule has 7 heteroatoms. The number of amides is 1. The van der Waals surface area contributed by atoms with Crippen molar-refractivity contribution in [3.63, 3.8) is 0 Å². The van der Waals surface area contributed by atoms with Crippen LogP contribution in [0.4, 0.5) is 14.5 Å². The molecule has 0 saturated carbocycles. The summed E-state index contributed by atoms with van der Waals surface area (Å²) in [4.78, 5) is 23.4. The normalized spacial score (nSPS) is 10.2. The average Bonchev–Trinajstić information content (AvgIpc) is 2.61. The number of esters is 1. The summed E-state index contributed by atoms with van der Waals surface area (Å²) in [7, 11) is 1.53. The fourth-order valence-corrected chi connectivity index (χ4v) is 2.14. The van der Waals surface area contributed by atoms with Gasteiger partial charge >= 0.3 is 5.97 Å². The number of halogens is 2. The zero-order valence-corrected chi connectivity index (χ0v) is 13.6.